The summed E-state index contributed by atoms with van der Waals surface area (Å²) in [6.07, 6.45) is -4.63. The molecule has 0 spiro atoms. The molecule has 1 aromatic rings. The second-order valence-electron chi connectivity index (χ2n) is 12.9. The Labute approximate surface area is 253 Å². The van der Waals surface area contributed by atoms with Crippen molar-refractivity contribution in [3.63, 3.8) is 0 Å². The molecule has 1 aliphatic rings. The molecule has 0 aliphatic carbocycles. The van der Waals surface area contributed by atoms with E-state index in [1.807, 2.05) is 46.5 Å². The van der Waals surface area contributed by atoms with Gasteiger partial charge in [-0.3, -0.25) is 28.5 Å². The fourth-order valence-corrected chi connectivity index (χ4v) is 5.48. The molecule has 248 valence electrons. The molecule has 0 aromatic carbocycles. The van der Waals surface area contributed by atoms with Gasteiger partial charge < -0.3 is 28.9 Å². The summed E-state index contributed by atoms with van der Waals surface area (Å²) in [7, 11) is -4.51. The second kappa shape index (κ2) is 14.3. The Morgan fingerprint density at radius 3 is 2.05 bits per heavy atom. The largest absolute Gasteiger partial charge is 0.464 e. The lowest BCUT2D eigenvalue weighted by molar-refractivity contribution is -0.148. The van der Waals surface area contributed by atoms with Crippen LogP contribution in [-0.4, -0.2) is 81.5 Å². The van der Waals surface area contributed by atoms with Gasteiger partial charge in [0.05, 0.1) is 19.8 Å². The highest BCUT2D eigenvalue weighted by molar-refractivity contribution is 7.54. The Kier molecular flexibility index (Phi) is 12.1. The normalized spacial score (nSPS) is 23.8. The Morgan fingerprint density at radius 2 is 1.61 bits per heavy atom. The minimum Gasteiger partial charge on any atom is -0.464 e. The van der Waals surface area contributed by atoms with Gasteiger partial charge in [-0.2, -0.15) is 0 Å². The first kappa shape index (κ1) is 37.1. The van der Waals surface area contributed by atoms with Crippen LogP contribution in [0, 0.1) is 10.8 Å². The Balaban J connectivity index is 2.38. The van der Waals surface area contributed by atoms with Gasteiger partial charge in [0, 0.05) is 17.2 Å². The molecule has 0 amide bonds. The van der Waals surface area contributed by atoms with Crippen LogP contribution in [0.25, 0.3) is 10.4 Å². The molecule has 18 nitrogen and oxygen atoms in total. The molecule has 1 saturated heterocycles. The maximum Gasteiger partial charge on any atom is 0.342 e. The number of carbonyl (C=O) groups excluding carboxylic acids is 2. The minimum atomic E-state index is -4.51. The van der Waals surface area contributed by atoms with Gasteiger partial charge in [0.25, 0.3) is 5.56 Å². The van der Waals surface area contributed by atoms with Crippen molar-refractivity contribution in [2.24, 2.45) is 15.9 Å². The van der Waals surface area contributed by atoms with Crippen LogP contribution < -0.4 is 21.4 Å². The molecule has 0 unspecified atom stereocenters. The van der Waals surface area contributed by atoms with Gasteiger partial charge in [-0.25, -0.2) is 15.0 Å². The SMILES string of the molecule is C[C@H](NP(=O)(N[C@@H](C)C(=O)OCC(C)(C)C)OC[C@@]1(N=[N+]=[N-])O[C@@H](n2ccc(=O)[nH]c2=O)[C@H](O)[C@@H]1O)C(=O)OCC(C)(C)C. The summed E-state index contributed by atoms with van der Waals surface area (Å²) in [5, 5.41) is 29.9. The average Bonchev–Trinajstić information content (AvgIpc) is 3.14. The van der Waals surface area contributed by atoms with E-state index >= 15 is 0 Å². The summed E-state index contributed by atoms with van der Waals surface area (Å²) in [5.74, 6) is -1.60. The van der Waals surface area contributed by atoms with E-state index in [1.165, 1.54) is 13.8 Å². The van der Waals surface area contributed by atoms with Crippen LogP contribution in [0.4, 0.5) is 0 Å². The van der Waals surface area contributed by atoms with Crippen LogP contribution in [-0.2, 0) is 32.9 Å². The fourth-order valence-electron chi connectivity index (χ4n) is 3.66. The number of H-pyrrole nitrogens is 1. The van der Waals surface area contributed by atoms with Crippen molar-refractivity contribution < 1.29 is 43.1 Å². The zero-order chi connectivity index (χ0) is 33.7. The molecule has 1 fully saturated rings. The molecule has 1 aromatic heterocycles. The van der Waals surface area contributed by atoms with Crippen molar-refractivity contribution in [1.82, 2.24) is 19.7 Å². The zero-order valence-corrected chi connectivity index (χ0v) is 26.9. The van der Waals surface area contributed by atoms with Crippen LogP contribution in [0.3, 0.4) is 0 Å². The maximum absolute atomic E-state index is 14.1. The Morgan fingerprint density at radius 1 is 1.11 bits per heavy atom. The number of nitrogens with one attached hydrogen (secondary N) is 3. The highest BCUT2D eigenvalue weighted by Gasteiger charge is 2.56. The van der Waals surface area contributed by atoms with Crippen molar-refractivity contribution >= 4 is 19.6 Å². The van der Waals surface area contributed by atoms with Crippen molar-refractivity contribution in [3.8, 4) is 0 Å². The lowest BCUT2D eigenvalue weighted by Crippen LogP contribution is -2.47. The molecule has 0 saturated carbocycles. The monoisotopic (exact) mass is 647 g/mol. The third-order valence-electron chi connectivity index (χ3n) is 5.92. The van der Waals surface area contributed by atoms with Gasteiger partial charge in [-0.15, -0.1) is 0 Å². The lowest BCUT2D eigenvalue weighted by atomic mass is 9.99. The zero-order valence-electron chi connectivity index (χ0n) is 26.0. The van der Waals surface area contributed by atoms with Gasteiger partial charge in [0.2, 0.25) is 5.72 Å². The summed E-state index contributed by atoms with van der Waals surface area (Å²) in [4.78, 5) is 53.7. The molecular weight excluding hydrogens is 605 g/mol. The predicted molar refractivity (Wildman–Crippen MR) is 155 cm³/mol. The summed E-state index contributed by atoms with van der Waals surface area (Å²) >= 11 is 0. The molecule has 44 heavy (non-hydrogen) atoms. The number of hydrogen-bond acceptors (Lipinski definition) is 12. The molecule has 1 aliphatic heterocycles. The van der Waals surface area contributed by atoms with E-state index in [2.05, 4.69) is 20.2 Å². The minimum absolute atomic E-state index is 0.0371. The first-order valence-electron chi connectivity index (χ1n) is 13.7. The Hall–Kier alpha value is -3.08. The van der Waals surface area contributed by atoms with Crippen molar-refractivity contribution in [2.75, 3.05) is 19.8 Å². The quantitative estimate of drug-likeness (QED) is 0.0660. The number of aromatic nitrogens is 2. The number of ether oxygens (including phenoxy) is 3. The van der Waals surface area contributed by atoms with Crippen LogP contribution >= 0.6 is 7.67 Å². The van der Waals surface area contributed by atoms with Crippen LogP contribution in [0.15, 0.2) is 27.0 Å². The molecule has 19 heteroatoms. The Bertz CT molecular complexity index is 1350. The number of aromatic amines is 1. The van der Waals surface area contributed by atoms with E-state index < -0.39 is 73.7 Å². The summed E-state index contributed by atoms with van der Waals surface area (Å²) in [5.41, 5.74) is 4.28. The van der Waals surface area contributed by atoms with Gasteiger partial charge in [-0.1, -0.05) is 46.7 Å². The van der Waals surface area contributed by atoms with Crippen LogP contribution in [0.5, 0.6) is 0 Å². The van der Waals surface area contributed by atoms with E-state index in [-0.39, 0.29) is 24.0 Å². The third-order valence-corrected chi connectivity index (χ3v) is 7.87. The van der Waals surface area contributed by atoms with Gasteiger partial charge in [0.15, 0.2) is 6.23 Å². The molecule has 0 bridgehead atoms. The second-order valence-corrected chi connectivity index (χ2v) is 14.7. The fraction of sp³-hybridized carbons (Fsp3) is 0.760. The number of esters is 2. The molecule has 0 radical (unpaired) electrons. The smallest absolute Gasteiger partial charge is 0.342 e. The number of carbonyl (C=O) groups is 2. The van der Waals surface area contributed by atoms with E-state index in [0.717, 1.165) is 16.8 Å². The highest BCUT2D eigenvalue weighted by atomic mass is 31.2. The number of hydrogen-bond donors (Lipinski definition) is 5. The molecule has 5 N–H and O–H groups in total. The third kappa shape index (κ3) is 10.2. The predicted octanol–water partition coefficient (Wildman–Crippen LogP) is 1.05. The first-order chi connectivity index (χ1) is 20.1. The van der Waals surface area contributed by atoms with Gasteiger partial charge in [0.1, 0.15) is 24.3 Å². The number of rotatable bonds is 13. The number of azide groups is 1. The van der Waals surface area contributed by atoms with Crippen molar-refractivity contribution in [1.29, 1.82) is 0 Å². The van der Waals surface area contributed by atoms with Crippen molar-refractivity contribution in [3.05, 3.63) is 43.5 Å². The highest BCUT2D eigenvalue weighted by Crippen LogP contribution is 2.45. The number of nitrogens with zero attached hydrogens (tertiary/aromatic N) is 4. The van der Waals surface area contributed by atoms with Crippen molar-refractivity contribution in [2.45, 2.75) is 91.6 Å². The maximum atomic E-state index is 14.1. The molecule has 6 atom stereocenters. The van der Waals surface area contributed by atoms with Crippen LogP contribution in [0.1, 0.15) is 61.6 Å². The summed E-state index contributed by atoms with van der Waals surface area (Å²) < 4.78 is 36.5. The average molecular weight is 648 g/mol. The topological polar surface area (TPSA) is 256 Å². The van der Waals surface area contributed by atoms with Gasteiger partial charge in [-0.05, 0) is 30.2 Å². The van der Waals surface area contributed by atoms with Crippen LogP contribution in [0.2, 0.25) is 0 Å². The molecule has 2 rings (SSSR count). The molecular formula is C25H42N7O11P. The number of aliphatic hydroxyl groups is 2. The van der Waals surface area contributed by atoms with E-state index in [9.17, 15) is 39.5 Å². The van der Waals surface area contributed by atoms with E-state index in [0.29, 0.717) is 0 Å². The summed E-state index contributed by atoms with van der Waals surface area (Å²) in [6.45, 7) is 12.7. The lowest BCUT2D eigenvalue weighted by Gasteiger charge is -2.31. The summed E-state index contributed by atoms with van der Waals surface area (Å²) in [6, 6.07) is -1.58. The molecule has 2 heterocycles. The van der Waals surface area contributed by atoms with E-state index in [1.54, 1.807) is 0 Å². The first-order valence-corrected chi connectivity index (χ1v) is 15.3. The standard InChI is InChI=1S/C25H42N7O11P/c1-14(20(36)40-11-23(3,4)5)28-44(39,29-15(2)21(37)41-12-24(6,7)8)42-13-25(30-31-26)18(35)17(34)19(43-25)32-10-9-16(33)27-22(32)38/h9-10,14-15,17-19,34-35H,11-13H2,1-8H3,(H,27,33,38)(H2,28,29,39)/t14-,15-,17+,18-,19+,25+/m0/s1. The van der Waals surface area contributed by atoms with E-state index in [4.69, 9.17) is 18.7 Å². The van der Waals surface area contributed by atoms with Gasteiger partial charge >= 0.3 is 25.3 Å². The number of aliphatic hydroxyl groups excluding tert-OH is 2.